The van der Waals surface area contributed by atoms with Crippen LogP contribution >= 0.6 is 24.0 Å². The lowest BCUT2D eigenvalue weighted by Gasteiger charge is -2.14. The summed E-state index contributed by atoms with van der Waals surface area (Å²) in [5.41, 5.74) is 8.58. The number of halogens is 2. The van der Waals surface area contributed by atoms with E-state index in [1.54, 1.807) is 0 Å². The summed E-state index contributed by atoms with van der Waals surface area (Å²) >= 11 is 5.91. The lowest BCUT2D eigenvalue weighted by Crippen LogP contribution is -2.11. The smallest absolute Gasteiger partial charge is 0.0408 e. The molecule has 0 radical (unpaired) electrons. The van der Waals surface area contributed by atoms with E-state index < -0.39 is 0 Å². The minimum atomic E-state index is 0. The number of nitrogens with two attached hydrogens (primary N) is 1. The highest BCUT2D eigenvalue weighted by Gasteiger charge is 2.08. The van der Waals surface area contributed by atoms with Crippen molar-refractivity contribution in [3.8, 4) is 0 Å². The van der Waals surface area contributed by atoms with E-state index in [1.165, 1.54) is 30.4 Å². The van der Waals surface area contributed by atoms with Crippen molar-refractivity contribution < 1.29 is 0 Å². The van der Waals surface area contributed by atoms with E-state index in [4.69, 9.17) is 17.3 Å². The van der Waals surface area contributed by atoms with Crippen molar-refractivity contribution >= 4 is 24.0 Å². The summed E-state index contributed by atoms with van der Waals surface area (Å²) in [4.78, 5) is 0. The summed E-state index contributed by atoms with van der Waals surface area (Å²) in [7, 11) is 0. The van der Waals surface area contributed by atoms with Gasteiger partial charge in [-0.15, -0.1) is 12.4 Å². The minimum Gasteiger partial charge on any atom is -0.324 e. The van der Waals surface area contributed by atoms with Gasteiger partial charge in [-0.1, -0.05) is 43.9 Å². The molecule has 3 heteroatoms. The van der Waals surface area contributed by atoms with Gasteiger partial charge in [0.15, 0.2) is 0 Å². The van der Waals surface area contributed by atoms with Crippen molar-refractivity contribution in [2.24, 2.45) is 5.73 Å². The van der Waals surface area contributed by atoms with Crippen LogP contribution in [-0.4, -0.2) is 0 Å². The first-order valence-corrected chi connectivity index (χ1v) is 6.04. The average molecular weight is 262 g/mol. The summed E-state index contributed by atoms with van der Waals surface area (Å²) in [6.07, 6.45) is 4.78. The highest BCUT2D eigenvalue weighted by Crippen LogP contribution is 2.23. The zero-order valence-corrected chi connectivity index (χ0v) is 11.6. The minimum absolute atomic E-state index is 0. The van der Waals surface area contributed by atoms with Gasteiger partial charge in [0.1, 0.15) is 0 Å². The molecule has 0 aliphatic carbocycles. The normalized spacial score (nSPS) is 12.0. The van der Waals surface area contributed by atoms with E-state index in [0.29, 0.717) is 0 Å². The molecule has 92 valence electrons. The molecule has 0 aliphatic rings. The Balaban J connectivity index is 0.00000225. The molecule has 0 heterocycles. The van der Waals surface area contributed by atoms with Crippen LogP contribution in [0.2, 0.25) is 5.02 Å². The maximum absolute atomic E-state index is 6.14. The Morgan fingerprint density at radius 1 is 1.31 bits per heavy atom. The van der Waals surface area contributed by atoms with Crippen LogP contribution in [0.25, 0.3) is 0 Å². The molecule has 0 bridgehead atoms. The number of benzene rings is 1. The number of hydrogen-bond acceptors (Lipinski definition) is 1. The molecule has 1 aromatic carbocycles. The Labute approximate surface area is 110 Å². The maximum Gasteiger partial charge on any atom is 0.0408 e. The highest BCUT2D eigenvalue weighted by molar-refractivity contribution is 6.30. The van der Waals surface area contributed by atoms with Crippen molar-refractivity contribution in [2.45, 2.75) is 45.6 Å². The summed E-state index contributed by atoms with van der Waals surface area (Å²) in [5.74, 6) is 0. The van der Waals surface area contributed by atoms with Gasteiger partial charge >= 0.3 is 0 Å². The Hall–Kier alpha value is -0.240. The lowest BCUT2D eigenvalue weighted by atomic mass is 9.97. The molecule has 1 rings (SSSR count). The van der Waals surface area contributed by atoms with E-state index in [9.17, 15) is 0 Å². The van der Waals surface area contributed by atoms with Gasteiger partial charge < -0.3 is 5.73 Å². The zero-order chi connectivity index (χ0) is 11.3. The van der Waals surface area contributed by atoms with Gasteiger partial charge in [0.05, 0.1) is 0 Å². The van der Waals surface area contributed by atoms with E-state index in [1.807, 2.05) is 18.2 Å². The van der Waals surface area contributed by atoms with Crippen molar-refractivity contribution in [2.75, 3.05) is 0 Å². The van der Waals surface area contributed by atoms with Crippen molar-refractivity contribution in [3.63, 3.8) is 0 Å². The molecule has 1 atom stereocenters. The number of rotatable bonds is 5. The largest absolute Gasteiger partial charge is 0.324 e. The Morgan fingerprint density at radius 3 is 2.56 bits per heavy atom. The molecule has 0 unspecified atom stereocenters. The summed E-state index contributed by atoms with van der Waals surface area (Å²) in [5, 5.41) is 0.789. The quantitative estimate of drug-likeness (QED) is 0.768. The van der Waals surface area contributed by atoms with Crippen LogP contribution < -0.4 is 5.73 Å². The van der Waals surface area contributed by atoms with Gasteiger partial charge in [-0.25, -0.2) is 0 Å². The zero-order valence-electron chi connectivity index (χ0n) is 10.0. The average Bonchev–Trinajstić information content (AvgIpc) is 2.17. The molecule has 2 N–H and O–H groups in total. The Morgan fingerprint density at radius 2 is 2.00 bits per heavy atom. The van der Waals surface area contributed by atoms with Crippen molar-refractivity contribution in [3.05, 3.63) is 34.3 Å². The summed E-state index contributed by atoms with van der Waals surface area (Å²) in [6, 6.07) is 6.11. The van der Waals surface area contributed by atoms with Gasteiger partial charge in [0, 0.05) is 11.1 Å². The first-order chi connectivity index (χ1) is 7.15. The monoisotopic (exact) mass is 261 g/mol. The molecule has 0 fully saturated rings. The second kappa shape index (κ2) is 7.94. The van der Waals surface area contributed by atoms with Crippen LogP contribution in [0.3, 0.4) is 0 Å². The molecule has 1 aromatic rings. The predicted octanol–water partition coefficient (Wildman–Crippen LogP) is 4.65. The fourth-order valence-corrected chi connectivity index (χ4v) is 2.05. The molecule has 0 saturated carbocycles. The SMILES string of the molecule is CCCCC[C@@H](N)c1ccc(Cl)cc1C.Cl. The number of aryl methyl sites for hydroxylation is 1. The van der Waals surface area contributed by atoms with Gasteiger partial charge in [0.25, 0.3) is 0 Å². The lowest BCUT2D eigenvalue weighted by molar-refractivity contribution is 0.579. The summed E-state index contributed by atoms with van der Waals surface area (Å²) < 4.78 is 0. The maximum atomic E-state index is 6.14. The molecule has 16 heavy (non-hydrogen) atoms. The van der Waals surface area contributed by atoms with Crippen LogP contribution in [0.4, 0.5) is 0 Å². The Bertz CT molecular complexity index is 313. The van der Waals surface area contributed by atoms with E-state index >= 15 is 0 Å². The number of hydrogen-bond donors (Lipinski definition) is 1. The van der Waals surface area contributed by atoms with Crippen LogP contribution in [-0.2, 0) is 0 Å². The third-order valence-electron chi connectivity index (χ3n) is 2.75. The van der Waals surface area contributed by atoms with Gasteiger partial charge in [-0.05, 0) is 36.6 Å². The van der Waals surface area contributed by atoms with Gasteiger partial charge in [0.2, 0.25) is 0 Å². The van der Waals surface area contributed by atoms with Crippen molar-refractivity contribution in [1.82, 2.24) is 0 Å². The van der Waals surface area contributed by atoms with Gasteiger partial charge in [-0.3, -0.25) is 0 Å². The van der Waals surface area contributed by atoms with Crippen molar-refractivity contribution in [1.29, 1.82) is 0 Å². The third-order valence-corrected chi connectivity index (χ3v) is 2.99. The van der Waals surface area contributed by atoms with E-state index in [-0.39, 0.29) is 18.4 Å². The first-order valence-electron chi connectivity index (χ1n) is 5.66. The fourth-order valence-electron chi connectivity index (χ4n) is 1.82. The molecule has 1 nitrogen and oxygen atoms in total. The van der Waals surface area contributed by atoms with Crippen LogP contribution in [0.15, 0.2) is 18.2 Å². The molecule has 0 aromatic heterocycles. The highest BCUT2D eigenvalue weighted by atomic mass is 35.5. The Kier molecular flexibility index (Phi) is 7.82. The van der Waals surface area contributed by atoms with Crippen LogP contribution in [0, 0.1) is 6.92 Å². The molecular weight excluding hydrogens is 241 g/mol. The van der Waals surface area contributed by atoms with E-state index in [2.05, 4.69) is 13.8 Å². The topological polar surface area (TPSA) is 26.0 Å². The standard InChI is InChI=1S/C13H20ClN.ClH/c1-3-4-5-6-13(15)12-8-7-11(14)9-10(12)2;/h7-9,13H,3-6,15H2,1-2H3;1H/t13-;/m1./s1. The predicted molar refractivity (Wildman–Crippen MR) is 74.5 cm³/mol. The van der Waals surface area contributed by atoms with E-state index in [0.717, 1.165) is 11.4 Å². The second-order valence-corrected chi connectivity index (χ2v) is 4.54. The van der Waals surface area contributed by atoms with Crippen LogP contribution in [0.1, 0.15) is 49.8 Å². The first kappa shape index (κ1) is 15.8. The summed E-state index contributed by atoms with van der Waals surface area (Å²) in [6.45, 7) is 4.28. The molecular formula is C13H21Cl2N. The molecule has 0 aliphatic heterocycles. The second-order valence-electron chi connectivity index (χ2n) is 4.10. The molecule has 0 amide bonds. The van der Waals surface area contributed by atoms with Gasteiger partial charge in [-0.2, -0.15) is 0 Å². The van der Waals surface area contributed by atoms with Crippen LogP contribution in [0.5, 0.6) is 0 Å². The molecule has 0 saturated heterocycles. The molecule has 0 spiro atoms. The third kappa shape index (κ3) is 4.73. The fraction of sp³-hybridized carbons (Fsp3) is 0.538. The number of unbranched alkanes of at least 4 members (excludes halogenated alkanes) is 2.